The third-order valence-corrected chi connectivity index (χ3v) is 4.70. The Morgan fingerprint density at radius 3 is 1.53 bits per heavy atom. The van der Waals surface area contributed by atoms with E-state index in [4.69, 9.17) is 22.0 Å². The SMILES string of the molecule is N#CSC1(N)CCCCC1(N)SC#N.[Pd]. The van der Waals surface area contributed by atoms with Gasteiger partial charge in [-0.05, 0) is 36.4 Å². The zero-order valence-corrected chi connectivity index (χ0v) is 11.2. The molecule has 4 N–H and O–H groups in total. The monoisotopic (exact) mass is 334 g/mol. The van der Waals surface area contributed by atoms with Gasteiger partial charge in [-0.15, -0.1) is 0 Å². The molecule has 0 saturated heterocycles. The standard InChI is InChI=1S/C8H12N4S2.Pd/c9-5-13-7(11)3-1-2-4-8(7,12)14-6-10;/h1-4,11-12H2;. The van der Waals surface area contributed by atoms with Crippen molar-refractivity contribution < 1.29 is 20.4 Å². The Hall–Kier alpha value is 0.262. The van der Waals surface area contributed by atoms with Crippen LogP contribution in [0.2, 0.25) is 0 Å². The van der Waals surface area contributed by atoms with Crippen molar-refractivity contribution in [2.75, 3.05) is 0 Å². The van der Waals surface area contributed by atoms with Crippen molar-refractivity contribution in [1.29, 1.82) is 10.5 Å². The molecule has 0 amide bonds. The van der Waals surface area contributed by atoms with E-state index in [1.807, 2.05) is 10.8 Å². The minimum absolute atomic E-state index is 0. The van der Waals surface area contributed by atoms with Crippen LogP contribution in [0.1, 0.15) is 25.7 Å². The molecule has 15 heavy (non-hydrogen) atoms. The minimum atomic E-state index is -0.791. The van der Waals surface area contributed by atoms with Crippen LogP contribution >= 0.6 is 23.5 Å². The second kappa shape index (κ2) is 6.11. The van der Waals surface area contributed by atoms with Gasteiger partial charge in [-0.3, -0.25) is 0 Å². The van der Waals surface area contributed by atoms with Crippen LogP contribution < -0.4 is 11.5 Å². The van der Waals surface area contributed by atoms with Crippen LogP contribution in [-0.4, -0.2) is 9.74 Å². The van der Waals surface area contributed by atoms with E-state index in [-0.39, 0.29) is 20.4 Å². The quantitative estimate of drug-likeness (QED) is 0.448. The number of nitriles is 2. The van der Waals surface area contributed by atoms with E-state index in [2.05, 4.69) is 0 Å². The molecular formula is C8H12N4PdS2. The predicted molar refractivity (Wildman–Crippen MR) is 58.7 cm³/mol. The van der Waals surface area contributed by atoms with Crippen LogP contribution in [0.25, 0.3) is 0 Å². The molecule has 2 unspecified atom stereocenters. The Kier molecular flexibility index (Phi) is 6.22. The van der Waals surface area contributed by atoms with Gasteiger partial charge in [0.25, 0.3) is 0 Å². The molecule has 0 spiro atoms. The number of thioether (sulfide) groups is 2. The molecule has 1 saturated carbocycles. The van der Waals surface area contributed by atoms with E-state index in [0.29, 0.717) is 12.8 Å². The topological polar surface area (TPSA) is 99.6 Å². The fraction of sp³-hybridized carbons (Fsp3) is 0.750. The number of hydrogen-bond donors (Lipinski definition) is 2. The van der Waals surface area contributed by atoms with Crippen molar-refractivity contribution in [3.8, 4) is 10.8 Å². The molecule has 0 bridgehead atoms. The molecule has 0 aromatic heterocycles. The van der Waals surface area contributed by atoms with Gasteiger partial charge in [0.05, 0.1) is 0 Å². The molecule has 1 aliphatic carbocycles. The second-order valence-corrected chi connectivity index (χ2v) is 5.60. The molecule has 7 heteroatoms. The van der Waals surface area contributed by atoms with Crippen molar-refractivity contribution in [3.05, 3.63) is 0 Å². The van der Waals surface area contributed by atoms with E-state index in [0.717, 1.165) is 36.4 Å². The number of thiocyanates is 2. The van der Waals surface area contributed by atoms with Crippen LogP contribution in [0, 0.1) is 21.3 Å². The first-order chi connectivity index (χ1) is 6.58. The number of hydrogen-bond acceptors (Lipinski definition) is 6. The summed E-state index contributed by atoms with van der Waals surface area (Å²) < 4.78 is 0. The minimum Gasteiger partial charge on any atom is -0.314 e. The van der Waals surface area contributed by atoms with Crippen LogP contribution in [0.4, 0.5) is 0 Å². The van der Waals surface area contributed by atoms with Crippen LogP contribution in [0.3, 0.4) is 0 Å². The van der Waals surface area contributed by atoms with Gasteiger partial charge in [0.2, 0.25) is 0 Å². The third-order valence-electron chi connectivity index (χ3n) is 2.52. The Labute approximate surface area is 112 Å². The van der Waals surface area contributed by atoms with Crippen LogP contribution in [0.5, 0.6) is 0 Å². The molecule has 1 fully saturated rings. The fourth-order valence-corrected chi connectivity index (χ4v) is 3.25. The van der Waals surface area contributed by atoms with Gasteiger partial charge in [-0.25, -0.2) is 0 Å². The predicted octanol–water partition coefficient (Wildman–Crippen LogP) is 1.30. The molecule has 0 aromatic carbocycles. The van der Waals surface area contributed by atoms with Gasteiger partial charge >= 0.3 is 0 Å². The first kappa shape index (κ1) is 15.3. The van der Waals surface area contributed by atoms with Crippen molar-refractivity contribution in [1.82, 2.24) is 0 Å². The molecule has 0 aromatic rings. The Morgan fingerprint density at radius 1 is 0.933 bits per heavy atom. The average Bonchev–Trinajstić information content (AvgIpc) is 2.12. The molecule has 2 atom stereocenters. The van der Waals surface area contributed by atoms with Gasteiger partial charge in [0.1, 0.15) is 20.5 Å². The molecule has 4 nitrogen and oxygen atoms in total. The summed E-state index contributed by atoms with van der Waals surface area (Å²) in [5.74, 6) is 0. The summed E-state index contributed by atoms with van der Waals surface area (Å²) in [4.78, 5) is -1.58. The van der Waals surface area contributed by atoms with E-state index in [1.165, 1.54) is 0 Å². The van der Waals surface area contributed by atoms with Gasteiger partial charge in [-0.2, -0.15) is 10.5 Å². The molecule has 1 aliphatic rings. The number of nitrogens with two attached hydrogens (primary N) is 2. The number of nitrogens with zero attached hydrogens (tertiary/aromatic N) is 2. The third kappa shape index (κ3) is 3.11. The number of rotatable bonds is 2. The summed E-state index contributed by atoms with van der Waals surface area (Å²) >= 11 is 1.98. The van der Waals surface area contributed by atoms with Gasteiger partial charge in [-0.1, -0.05) is 12.8 Å². The average molecular weight is 335 g/mol. The molecule has 0 heterocycles. The summed E-state index contributed by atoms with van der Waals surface area (Å²) in [6, 6.07) is 0. The maximum absolute atomic E-state index is 8.67. The smallest absolute Gasteiger partial charge is 0.135 e. The van der Waals surface area contributed by atoms with Gasteiger partial charge in [0, 0.05) is 20.4 Å². The van der Waals surface area contributed by atoms with Crippen LogP contribution in [0.15, 0.2) is 0 Å². The molecular weight excluding hydrogens is 323 g/mol. The largest absolute Gasteiger partial charge is 0.314 e. The normalized spacial score (nSPS) is 34.7. The van der Waals surface area contributed by atoms with E-state index < -0.39 is 9.74 Å². The zero-order chi connectivity index (χ0) is 10.7. The summed E-state index contributed by atoms with van der Waals surface area (Å²) in [5.41, 5.74) is 12.2. The Bertz CT molecular complexity index is 270. The molecule has 86 valence electrons. The van der Waals surface area contributed by atoms with E-state index in [9.17, 15) is 0 Å². The summed E-state index contributed by atoms with van der Waals surface area (Å²) in [6.07, 6.45) is 3.32. The van der Waals surface area contributed by atoms with E-state index in [1.54, 1.807) is 0 Å². The summed E-state index contributed by atoms with van der Waals surface area (Å²) in [7, 11) is 0. The zero-order valence-electron chi connectivity index (χ0n) is 8.01. The Balaban J connectivity index is 0.00000196. The molecule has 0 aliphatic heterocycles. The van der Waals surface area contributed by atoms with Crippen LogP contribution in [-0.2, 0) is 20.4 Å². The maximum atomic E-state index is 8.67. The maximum Gasteiger partial charge on any atom is 0.135 e. The fourth-order valence-electron chi connectivity index (χ4n) is 1.64. The van der Waals surface area contributed by atoms with Gasteiger partial charge < -0.3 is 11.5 Å². The first-order valence-electron chi connectivity index (χ1n) is 4.30. The first-order valence-corrected chi connectivity index (χ1v) is 5.93. The Morgan fingerprint density at radius 2 is 1.27 bits per heavy atom. The van der Waals surface area contributed by atoms with Crippen molar-refractivity contribution in [2.24, 2.45) is 11.5 Å². The molecule has 0 radical (unpaired) electrons. The second-order valence-electron chi connectivity index (χ2n) is 3.37. The van der Waals surface area contributed by atoms with Gasteiger partial charge in [0.15, 0.2) is 0 Å². The molecule has 1 rings (SSSR count). The van der Waals surface area contributed by atoms with Crippen molar-refractivity contribution in [2.45, 2.75) is 35.4 Å². The van der Waals surface area contributed by atoms with Crippen molar-refractivity contribution in [3.63, 3.8) is 0 Å². The summed E-state index contributed by atoms with van der Waals surface area (Å²) in [6.45, 7) is 0. The van der Waals surface area contributed by atoms with Crippen molar-refractivity contribution >= 4 is 23.5 Å². The summed E-state index contributed by atoms with van der Waals surface area (Å²) in [5, 5.41) is 21.3. The van der Waals surface area contributed by atoms with E-state index >= 15 is 0 Å².